The van der Waals surface area contributed by atoms with Crippen LogP contribution in [0.25, 0.3) is 0 Å². The molecule has 0 aliphatic carbocycles. The van der Waals surface area contributed by atoms with Gasteiger partial charge in [-0.05, 0) is 62.6 Å². The van der Waals surface area contributed by atoms with Crippen molar-refractivity contribution in [3.05, 3.63) is 28.8 Å². The lowest BCUT2D eigenvalue weighted by atomic mass is 9.94. The number of aryl methyl sites for hydroxylation is 2. The van der Waals surface area contributed by atoms with Gasteiger partial charge in [0.05, 0.1) is 6.61 Å². The number of hydrogen-bond donors (Lipinski definition) is 2. The van der Waals surface area contributed by atoms with E-state index in [1.54, 1.807) is 0 Å². The number of rotatable bonds is 7. The van der Waals surface area contributed by atoms with Crippen molar-refractivity contribution in [1.29, 1.82) is 0 Å². The molecule has 3 nitrogen and oxygen atoms in total. The first kappa shape index (κ1) is 15.0. The summed E-state index contributed by atoms with van der Waals surface area (Å²) in [7, 11) is 1.93. The average Bonchev–Trinajstić information content (AvgIpc) is 2.34. The molecule has 0 bridgehead atoms. The molecule has 1 unspecified atom stereocenters. The minimum Gasteiger partial charge on any atom is -0.494 e. The van der Waals surface area contributed by atoms with Gasteiger partial charge in [-0.25, -0.2) is 0 Å². The Bertz CT molecular complexity index is 354. The molecule has 0 aromatic heterocycles. The lowest BCUT2D eigenvalue weighted by molar-refractivity contribution is 0.268. The third-order valence-electron chi connectivity index (χ3n) is 3.15. The van der Waals surface area contributed by atoms with Crippen LogP contribution in [-0.2, 0) is 0 Å². The molecule has 0 aliphatic rings. The van der Waals surface area contributed by atoms with Crippen LogP contribution in [0.1, 0.15) is 42.5 Å². The summed E-state index contributed by atoms with van der Waals surface area (Å²) in [6, 6.07) is 4.37. The van der Waals surface area contributed by atoms with Gasteiger partial charge >= 0.3 is 0 Å². The number of aliphatic hydroxyl groups excluding tert-OH is 1. The predicted octanol–water partition coefficient (Wildman–Crippen LogP) is 2.74. The SMILES string of the molecule is CCCOc1cc(C)c(C(CCO)NC)c(C)c1. The van der Waals surface area contributed by atoms with Crippen molar-refractivity contribution >= 4 is 0 Å². The molecule has 0 saturated carbocycles. The minimum atomic E-state index is 0.193. The molecule has 0 saturated heterocycles. The zero-order valence-corrected chi connectivity index (χ0v) is 11.9. The van der Waals surface area contributed by atoms with Crippen molar-refractivity contribution in [3.8, 4) is 5.75 Å². The lowest BCUT2D eigenvalue weighted by Crippen LogP contribution is -2.20. The molecule has 0 amide bonds. The number of nitrogens with one attached hydrogen (secondary N) is 1. The van der Waals surface area contributed by atoms with E-state index in [9.17, 15) is 0 Å². The van der Waals surface area contributed by atoms with E-state index in [0.717, 1.165) is 25.2 Å². The van der Waals surface area contributed by atoms with Crippen LogP contribution in [-0.4, -0.2) is 25.4 Å². The molecule has 0 spiro atoms. The zero-order valence-electron chi connectivity index (χ0n) is 11.9. The molecule has 1 atom stereocenters. The maximum absolute atomic E-state index is 9.12. The third kappa shape index (κ3) is 3.72. The zero-order chi connectivity index (χ0) is 13.5. The summed E-state index contributed by atoms with van der Waals surface area (Å²) in [6.45, 7) is 7.25. The molecule has 0 fully saturated rings. The van der Waals surface area contributed by atoms with Crippen LogP contribution in [0.15, 0.2) is 12.1 Å². The van der Waals surface area contributed by atoms with Crippen LogP contribution >= 0.6 is 0 Å². The van der Waals surface area contributed by atoms with Gasteiger partial charge in [-0.3, -0.25) is 0 Å². The number of benzene rings is 1. The normalized spacial score (nSPS) is 12.5. The molecule has 0 aliphatic heterocycles. The molecule has 2 N–H and O–H groups in total. The van der Waals surface area contributed by atoms with Gasteiger partial charge in [-0.1, -0.05) is 6.92 Å². The van der Waals surface area contributed by atoms with Gasteiger partial charge < -0.3 is 15.2 Å². The summed E-state index contributed by atoms with van der Waals surface area (Å²) in [4.78, 5) is 0. The number of ether oxygens (including phenoxy) is 1. The summed E-state index contributed by atoms with van der Waals surface area (Å²) in [5.74, 6) is 0.939. The maximum Gasteiger partial charge on any atom is 0.119 e. The topological polar surface area (TPSA) is 41.5 Å². The van der Waals surface area contributed by atoms with E-state index in [0.29, 0.717) is 0 Å². The molecule has 0 radical (unpaired) electrons. The first-order valence-corrected chi connectivity index (χ1v) is 6.66. The Hall–Kier alpha value is -1.06. The van der Waals surface area contributed by atoms with Crippen LogP contribution in [0.3, 0.4) is 0 Å². The second-order valence-corrected chi connectivity index (χ2v) is 4.67. The van der Waals surface area contributed by atoms with E-state index in [-0.39, 0.29) is 12.6 Å². The van der Waals surface area contributed by atoms with E-state index in [1.165, 1.54) is 16.7 Å². The number of hydrogen-bond acceptors (Lipinski definition) is 3. The van der Waals surface area contributed by atoms with E-state index in [1.807, 2.05) is 7.05 Å². The fourth-order valence-electron chi connectivity index (χ4n) is 2.35. The monoisotopic (exact) mass is 251 g/mol. The standard InChI is InChI=1S/C15H25NO2/c1-5-8-18-13-9-11(2)15(12(3)10-13)14(16-4)6-7-17/h9-10,14,16-17H,5-8H2,1-4H3. The van der Waals surface area contributed by atoms with Crippen LogP contribution in [0, 0.1) is 13.8 Å². The maximum atomic E-state index is 9.12. The second kappa shape index (κ2) is 7.39. The van der Waals surface area contributed by atoms with Gasteiger partial charge in [0, 0.05) is 12.6 Å². The second-order valence-electron chi connectivity index (χ2n) is 4.67. The van der Waals surface area contributed by atoms with E-state index in [4.69, 9.17) is 9.84 Å². The van der Waals surface area contributed by atoms with Crippen LogP contribution < -0.4 is 10.1 Å². The molecule has 1 rings (SSSR count). The summed E-state index contributed by atoms with van der Waals surface area (Å²) in [6.07, 6.45) is 1.75. The minimum absolute atomic E-state index is 0.193. The number of aliphatic hydroxyl groups is 1. The molecular weight excluding hydrogens is 226 g/mol. The van der Waals surface area contributed by atoms with Crippen LogP contribution in [0.4, 0.5) is 0 Å². The van der Waals surface area contributed by atoms with E-state index >= 15 is 0 Å². The quantitative estimate of drug-likeness (QED) is 0.783. The smallest absolute Gasteiger partial charge is 0.119 e. The summed E-state index contributed by atoms with van der Waals surface area (Å²) in [5.41, 5.74) is 3.71. The Labute approximate surface area is 110 Å². The van der Waals surface area contributed by atoms with Gasteiger partial charge in [0.1, 0.15) is 5.75 Å². The Morgan fingerprint density at radius 1 is 1.28 bits per heavy atom. The highest BCUT2D eigenvalue weighted by atomic mass is 16.5. The van der Waals surface area contributed by atoms with Gasteiger partial charge in [0.15, 0.2) is 0 Å². The Balaban J connectivity index is 2.99. The van der Waals surface area contributed by atoms with Crippen molar-refractivity contribution in [3.63, 3.8) is 0 Å². The predicted molar refractivity (Wildman–Crippen MR) is 75.2 cm³/mol. The third-order valence-corrected chi connectivity index (χ3v) is 3.15. The highest BCUT2D eigenvalue weighted by Crippen LogP contribution is 2.28. The molecular formula is C15H25NO2. The Kier molecular flexibility index (Phi) is 6.16. The lowest BCUT2D eigenvalue weighted by Gasteiger charge is -2.21. The first-order chi connectivity index (χ1) is 8.63. The molecule has 3 heteroatoms. The van der Waals surface area contributed by atoms with Crippen molar-refractivity contribution in [2.24, 2.45) is 0 Å². The van der Waals surface area contributed by atoms with Gasteiger partial charge in [0.2, 0.25) is 0 Å². The van der Waals surface area contributed by atoms with Crippen molar-refractivity contribution in [1.82, 2.24) is 5.32 Å². The highest BCUT2D eigenvalue weighted by Gasteiger charge is 2.15. The van der Waals surface area contributed by atoms with Gasteiger partial charge in [-0.2, -0.15) is 0 Å². The molecule has 0 heterocycles. The van der Waals surface area contributed by atoms with Gasteiger partial charge in [-0.15, -0.1) is 0 Å². The summed E-state index contributed by atoms with van der Waals surface area (Å²) in [5, 5.41) is 12.4. The first-order valence-electron chi connectivity index (χ1n) is 6.66. The molecule has 18 heavy (non-hydrogen) atoms. The average molecular weight is 251 g/mol. The van der Waals surface area contributed by atoms with Crippen molar-refractivity contribution in [2.75, 3.05) is 20.3 Å². The molecule has 102 valence electrons. The Morgan fingerprint density at radius 2 is 1.89 bits per heavy atom. The fourth-order valence-corrected chi connectivity index (χ4v) is 2.35. The molecule has 1 aromatic carbocycles. The van der Waals surface area contributed by atoms with E-state index in [2.05, 4.69) is 38.2 Å². The summed E-state index contributed by atoms with van der Waals surface area (Å²) < 4.78 is 5.68. The van der Waals surface area contributed by atoms with E-state index < -0.39 is 0 Å². The molecule has 1 aromatic rings. The van der Waals surface area contributed by atoms with Gasteiger partial charge in [0.25, 0.3) is 0 Å². The highest BCUT2D eigenvalue weighted by molar-refractivity contribution is 5.43. The van der Waals surface area contributed by atoms with Crippen LogP contribution in [0.2, 0.25) is 0 Å². The Morgan fingerprint density at radius 3 is 2.33 bits per heavy atom. The van der Waals surface area contributed by atoms with Crippen LogP contribution in [0.5, 0.6) is 5.75 Å². The largest absolute Gasteiger partial charge is 0.494 e. The summed E-state index contributed by atoms with van der Waals surface area (Å²) >= 11 is 0. The van der Waals surface area contributed by atoms with Crippen molar-refractivity contribution < 1.29 is 9.84 Å². The van der Waals surface area contributed by atoms with Crippen molar-refractivity contribution in [2.45, 2.75) is 39.7 Å². The fraction of sp³-hybridized carbons (Fsp3) is 0.600.